The van der Waals surface area contributed by atoms with Crippen LogP contribution in [0.25, 0.3) is 10.8 Å². The van der Waals surface area contributed by atoms with Crippen LogP contribution < -0.4 is 10.0 Å². The second kappa shape index (κ2) is 7.38. The molecular formula is C15H21N3O2S. The number of hydrogen-bond acceptors (Lipinski definition) is 4. The summed E-state index contributed by atoms with van der Waals surface area (Å²) >= 11 is 0. The van der Waals surface area contributed by atoms with Crippen molar-refractivity contribution in [2.24, 2.45) is 0 Å². The second-order valence-corrected chi connectivity index (χ2v) is 6.77. The largest absolute Gasteiger partial charge is 0.317 e. The first kappa shape index (κ1) is 15.7. The first-order chi connectivity index (χ1) is 10.1. The predicted octanol–water partition coefficient (Wildman–Crippen LogP) is 2.37. The van der Waals surface area contributed by atoms with Gasteiger partial charge in [-0.15, -0.1) is 0 Å². The fraction of sp³-hybridized carbons (Fsp3) is 0.400. The summed E-state index contributed by atoms with van der Waals surface area (Å²) in [7, 11) is -3.33. The molecule has 0 spiro atoms. The monoisotopic (exact) mass is 307 g/mol. The van der Waals surface area contributed by atoms with Crippen LogP contribution in [-0.4, -0.2) is 32.2 Å². The van der Waals surface area contributed by atoms with Crippen molar-refractivity contribution in [1.82, 2.24) is 10.3 Å². The molecule has 0 fully saturated rings. The van der Waals surface area contributed by atoms with Gasteiger partial charge in [-0.2, -0.15) is 0 Å². The van der Waals surface area contributed by atoms with Crippen LogP contribution in [0.5, 0.6) is 0 Å². The number of rotatable bonds is 8. The maximum Gasteiger partial charge on any atom is 0.232 e. The van der Waals surface area contributed by atoms with Gasteiger partial charge in [0.25, 0.3) is 0 Å². The molecule has 2 aromatic rings. The lowest BCUT2D eigenvalue weighted by Gasteiger charge is -2.10. The molecule has 1 heterocycles. The third-order valence-electron chi connectivity index (χ3n) is 3.14. The van der Waals surface area contributed by atoms with Crippen LogP contribution >= 0.6 is 0 Å². The summed E-state index contributed by atoms with van der Waals surface area (Å²) in [4.78, 5) is 4.05. The van der Waals surface area contributed by atoms with Gasteiger partial charge in [-0.05, 0) is 43.5 Å². The molecular weight excluding hydrogens is 286 g/mol. The Balaban J connectivity index is 2.02. The molecule has 6 heteroatoms. The summed E-state index contributed by atoms with van der Waals surface area (Å²) in [5, 5.41) is 4.98. The maximum absolute atomic E-state index is 12.1. The van der Waals surface area contributed by atoms with Gasteiger partial charge in [-0.3, -0.25) is 9.71 Å². The molecule has 0 unspecified atom stereocenters. The summed E-state index contributed by atoms with van der Waals surface area (Å²) < 4.78 is 26.9. The van der Waals surface area contributed by atoms with E-state index < -0.39 is 10.0 Å². The van der Waals surface area contributed by atoms with E-state index in [9.17, 15) is 8.42 Å². The van der Waals surface area contributed by atoms with Crippen LogP contribution in [-0.2, 0) is 10.0 Å². The van der Waals surface area contributed by atoms with Crippen LogP contribution in [0.2, 0.25) is 0 Å². The normalized spacial score (nSPS) is 11.7. The van der Waals surface area contributed by atoms with Crippen molar-refractivity contribution in [3.05, 3.63) is 36.7 Å². The zero-order valence-corrected chi connectivity index (χ0v) is 13.0. The van der Waals surface area contributed by atoms with Crippen molar-refractivity contribution in [1.29, 1.82) is 0 Å². The molecule has 0 bridgehead atoms. The smallest absolute Gasteiger partial charge is 0.232 e. The number of nitrogens with zero attached hydrogens (tertiary/aromatic N) is 1. The van der Waals surface area contributed by atoms with Crippen LogP contribution in [0.4, 0.5) is 5.69 Å². The molecule has 0 saturated heterocycles. The average molecular weight is 307 g/mol. The van der Waals surface area contributed by atoms with Crippen LogP contribution in [0.1, 0.15) is 19.8 Å². The zero-order chi connectivity index (χ0) is 15.1. The Morgan fingerprint density at radius 2 is 2.05 bits per heavy atom. The van der Waals surface area contributed by atoms with E-state index in [2.05, 4.69) is 21.9 Å². The highest BCUT2D eigenvalue weighted by molar-refractivity contribution is 7.92. The number of nitrogens with one attached hydrogen (secondary N) is 2. The number of fused-ring (bicyclic) bond motifs is 1. The summed E-state index contributed by atoms with van der Waals surface area (Å²) in [6.07, 6.45) is 5.02. The fourth-order valence-corrected chi connectivity index (χ4v) is 3.25. The number of aromatic nitrogens is 1. The second-order valence-electron chi connectivity index (χ2n) is 4.93. The Morgan fingerprint density at radius 1 is 1.19 bits per heavy atom. The highest BCUT2D eigenvalue weighted by atomic mass is 32.2. The Morgan fingerprint density at radius 3 is 2.86 bits per heavy atom. The van der Waals surface area contributed by atoms with Crippen molar-refractivity contribution >= 4 is 26.5 Å². The molecule has 2 N–H and O–H groups in total. The van der Waals surface area contributed by atoms with Crippen molar-refractivity contribution in [3.8, 4) is 0 Å². The first-order valence-electron chi connectivity index (χ1n) is 7.16. The van der Waals surface area contributed by atoms with Crippen molar-refractivity contribution < 1.29 is 8.42 Å². The molecule has 2 rings (SSSR count). The maximum atomic E-state index is 12.1. The van der Waals surface area contributed by atoms with Crippen LogP contribution in [0, 0.1) is 0 Å². The molecule has 114 valence electrons. The Labute approximate surface area is 125 Å². The van der Waals surface area contributed by atoms with Crippen molar-refractivity contribution in [2.75, 3.05) is 23.6 Å². The lowest BCUT2D eigenvalue weighted by Crippen LogP contribution is -2.22. The third kappa shape index (κ3) is 4.68. The minimum absolute atomic E-state index is 0.111. The number of anilines is 1. The van der Waals surface area contributed by atoms with E-state index in [0.717, 1.165) is 23.7 Å². The number of pyridine rings is 1. The molecule has 21 heavy (non-hydrogen) atoms. The average Bonchev–Trinajstić information content (AvgIpc) is 2.47. The third-order valence-corrected chi connectivity index (χ3v) is 4.50. The summed E-state index contributed by atoms with van der Waals surface area (Å²) in [5.41, 5.74) is 0.585. The van der Waals surface area contributed by atoms with Crippen molar-refractivity contribution in [2.45, 2.75) is 19.8 Å². The summed E-state index contributed by atoms with van der Waals surface area (Å²) in [5.74, 6) is 0.111. The van der Waals surface area contributed by atoms with Gasteiger partial charge < -0.3 is 5.32 Å². The number of benzene rings is 1. The molecule has 0 radical (unpaired) electrons. The molecule has 0 aliphatic heterocycles. The van der Waals surface area contributed by atoms with Gasteiger partial charge in [0.15, 0.2) is 0 Å². The van der Waals surface area contributed by atoms with Gasteiger partial charge in [0.05, 0.1) is 11.4 Å². The Hall–Kier alpha value is -1.66. The van der Waals surface area contributed by atoms with Gasteiger partial charge >= 0.3 is 0 Å². The molecule has 0 atom stereocenters. The van der Waals surface area contributed by atoms with Gasteiger partial charge in [0, 0.05) is 17.8 Å². The fourth-order valence-electron chi connectivity index (χ4n) is 2.11. The number of sulfonamides is 1. The highest BCUT2D eigenvalue weighted by Crippen LogP contribution is 2.23. The Bertz CT molecular complexity index is 681. The molecule has 0 amide bonds. The van der Waals surface area contributed by atoms with Crippen LogP contribution in [0.15, 0.2) is 36.7 Å². The summed E-state index contributed by atoms with van der Waals surface area (Å²) in [6.45, 7) is 3.72. The van der Waals surface area contributed by atoms with Crippen molar-refractivity contribution in [3.63, 3.8) is 0 Å². The minimum atomic E-state index is -3.33. The minimum Gasteiger partial charge on any atom is -0.317 e. The molecule has 5 nitrogen and oxygen atoms in total. The van der Waals surface area contributed by atoms with Gasteiger partial charge in [-0.25, -0.2) is 8.42 Å². The lowest BCUT2D eigenvalue weighted by molar-refractivity contribution is 0.593. The van der Waals surface area contributed by atoms with Crippen LogP contribution in [0.3, 0.4) is 0 Å². The summed E-state index contributed by atoms with van der Waals surface area (Å²) in [6, 6.07) is 7.39. The SMILES string of the molecule is CCCNCCCS(=O)(=O)Nc1cccc2ccncc12. The Kier molecular flexibility index (Phi) is 5.52. The molecule has 1 aromatic carbocycles. The van der Waals surface area contributed by atoms with E-state index in [0.29, 0.717) is 18.7 Å². The molecule has 0 saturated carbocycles. The number of hydrogen-bond donors (Lipinski definition) is 2. The van der Waals surface area contributed by atoms with E-state index in [1.54, 1.807) is 18.5 Å². The molecule has 0 aliphatic carbocycles. The lowest BCUT2D eigenvalue weighted by atomic mass is 10.1. The van der Waals surface area contributed by atoms with E-state index in [1.807, 2.05) is 18.2 Å². The van der Waals surface area contributed by atoms with E-state index in [-0.39, 0.29) is 5.75 Å². The predicted molar refractivity (Wildman–Crippen MR) is 86.9 cm³/mol. The van der Waals surface area contributed by atoms with Gasteiger partial charge in [-0.1, -0.05) is 19.1 Å². The highest BCUT2D eigenvalue weighted by Gasteiger charge is 2.11. The quantitative estimate of drug-likeness (QED) is 0.735. The zero-order valence-electron chi connectivity index (χ0n) is 12.2. The first-order valence-corrected chi connectivity index (χ1v) is 8.81. The van der Waals surface area contributed by atoms with Gasteiger partial charge in [0.2, 0.25) is 10.0 Å². The molecule has 1 aromatic heterocycles. The molecule has 0 aliphatic rings. The standard InChI is InChI=1S/C15H21N3O2S/c1-2-8-16-9-4-11-21(19,20)18-15-6-3-5-13-7-10-17-12-14(13)15/h3,5-7,10,12,16,18H,2,4,8-9,11H2,1H3. The van der Waals surface area contributed by atoms with E-state index >= 15 is 0 Å². The van der Waals surface area contributed by atoms with Gasteiger partial charge in [0.1, 0.15) is 0 Å². The van der Waals surface area contributed by atoms with E-state index in [4.69, 9.17) is 0 Å². The topological polar surface area (TPSA) is 71.1 Å². The van der Waals surface area contributed by atoms with E-state index in [1.165, 1.54) is 0 Å².